The second-order valence-corrected chi connectivity index (χ2v) is 8.22. The first kappa shape index (κ1) is 20.1. The number of fused-ring (bicyclic) bond motifs is 2. The fourth-order valence-corrected chi connectivity index (χ4v) is 4.16. The van der Waals surface area contributed by atoms with Crippen LogP contribution in [0, 0.1) is 6.92 Å². The Bertz CT molecular complexity index is 1320. The predicted octanol–water partition coefficient (Wildman–Crippen LogP) is 3.96. The number of aryl methyl sites for hydroxylation is 2. The molecule has 0 spiro atoms. The standard InChI is InChI=1S/C25H24N6O/c1-16-10-19(14-26-12-16)28-23(32)15-31(2)25-20-8-5-9-21(20)29-24(30-25)22-11-17-6-3-4-7-18(17)13-27-22/h3-4,6-7,10-14H,5,8-9,15H2,1-2H3,(H,28,32). The van der Waals surface area contributed by atoms with Gasteiger partial charge in [0.1, 0.15) is 11.5 Å². The molecule has 0 aliphatic heterocycles. The summed E-state index contributed by atoms with van der Waals surface area (Å²) in [6, 6.07) is 12.0. The molecule has 1 N–H and O–H groups in total. The van der Waals surface area contributed by atoms with Crippen LogP contribution in [0.25, 0.3) is 22.3 Å². The molecule has 0 bridgehead atoms. The van der Waals surface area contributed by atoms with Crippen molar-refractivity contribution >= 4 is 28.2 Å². The number of likely N-dealkylation sites (N-methyl/N-ethyl adjacent to an activating group) is 1. The molecule has 1 aliphatic rings. The topological polar surface area (TPSA) is 83.9 Å². The Labute approximate surface area is 186 Å². The van der Waals surface area contributed by atoms with Gasteiger partial charge in [-0.2, -0.15) is 0 Å². The van der Waals surface area contributed by atoms with E-state index in [1.165, 1.54) is 0 Å². The normalized spacial score (nSPS) is 12.6. The zero-order valence-electron chi connectivity index (χ0n) is 18.2. The molecule has 4 aromatic rings. The highest BCUT2D eigenvalue weighted by atomic mass is 16.2. The second kappa shape index (κ2) is 8.34. The molecule has 160 valence electrons. The van der Waals surface area contributed by atoms with Crippen LogP contribution in [-0.2, 0) is 17.6 Å². The highest BCUT2D eigenvalue weighted by Crippen LogP contribution is 2.31. The van der Waals surface area contributed by atoms with Gasteiger partial charge in [0.25, 0.3) is 0 Å². The number of hydrogen-bond acceptors (Lipinski definition) is 6. The lowest BCUT2D eigenvalue weighted by atomic mass is 10.1. The minimum atomic E-state index is -0.115. The lowest BCUT2D eigenvalue weighted by molar-refractivity contribution is -0.114. The number of carbonyl (C=O) groups excluding carboxylic acids is 1. The summed E-state index contributed by atoms with van der Waals surface area (Å²) in [4.78, 5) is 33.0. The molecule has 32 heavy (non-hydrogen) atoms. The van der Waals surface area contributed by atoms with Gasteiger partial charge in [0.05, 0.1) is 18.4 Å². The summed E-state index contributed by atoms with van der Waals surface area (Å²) in [5.41, 5.74) is 4.61. The Morgan fingerprint density at radius 3 is 2.75 bits per heavy atom. The third kappa shape index (κ3) is 4.01. The zero-order chi connectivity index (χ0) is 22.1. The van der Waals surface area contributed by atoms with Crippen molar-refractivity contribution in [2.75, 3.05) is 23.8 Å². The molecule has 7 heteroatoms. The second-order valence-electron chi connectivity index (χ2n) is 8.22. The van der Waals surface area contributed by atoms with Crippen molar-refractivity contribution in [3.05, 3.63) is 71.8 Å². The highest BCUT2D eigenvalue weighted by molar-refractivity contribution is 5.94. The van der Waals surface area contributed by atoms with Crippen LogP contribution in [0.3, 0.4) is 0 Å². The maximum atomic E-state index is 12.7. The molecule has 3 heterocycles. The van der Waals surface area contributed by atoms with Gasteiger partial charge < -0.3 is 10.2 Å². The summed E-state index contributed by atoms with van der Waals surface area (Å²) < 4.78 is 0. The van der Waals surface area contributed by atoms with Crippen LogP contribution in [0.5, 0.6) is 0 Å². The van der Waals surface area contributed by atoms with Gasteiger partial charge in [-0.05, 0) is 49.3 Å². The Morgan fingerprint density at radius 1 is 1.06 bits per heavy atom. The molecule has 0 unspecified atom stereocenters. The van der Waals surface area contributed by atoms with Crippen LogP contribution < -0.4 is 10.2 Å². The number of pyridine rings is 2. The van der Waals surface area contributed by atoms with Gasteiger partial charge in [0, 0.05) is 36.1 Å². The van der Waals surface area contributed by atoms with Gasteiger partial charge in [-0.15, -0.1) is 0 Å². The van der Waals surface area contributed by atoms with Gasteiger partial charge in [-0.25, -0.2) is 9.97 Å². The summed E-state index contributed by atoms with van der Waals surface area (Å²) in [6.07, 6.45) is 8.14. The number of aromatic nitrogens is 4. The van der Waals surface area contributed by atoms with E-state index in [9.17, 15) is 4.79 Å². The van der Waals surface area contributed by atoms with E-state index in [4.69, 9.17) is 9.97 Å². The maximum absolute atomic E-state index is 12.7. The molecule has 0 saturated carbocycles. The molecule has 3 aromatic heterocycles. The molecule has 0 fully saturated rings. The van der Waals surface area contributed by atoms with Crippen molar-refractivity contribution < 1.29 is 4.79 Å². The van der Waals surface area contributed by atoms with E-state index in [0.717, 1.165) is 58.4 Å². The van der Waals surface area contributed by atoms with Crippen molar-refractivity contribution in [1.82, 2.24) is 19.9 Å². The Kier molecular flexibility index (Phi) is 5.23. The van der Waals surface area contributed by atoms with Crippen molar-refractivity contribution in [2.24, 2.45) is 0 Å². The Balaban J connectivity index is 1.44. The van der Waals surface area contributed by atoms with E-state index < -0.39 is 0 Å². The molecular formula is C25H24N6O. The van der Waals surface area contributed by atoms with Gasteiger partial charge in [0.15, 0.2) is 5.82 Å². The van der Waals surface area contributed by atoms with Crippen LogP contribution in [0.2, 0.25) is 0 Å². The third-order valence-electron chi connectivity index (χ3n) is 5.67. The van der Waals surface area contributed by atoms with Crippen molar-refractivity contribution in [3.63, 3.8) is 0 Å². The highest BCUT2D eigenvalue weighted by Gasteiger charge is 2.23. The monoisotopic (exact) mass is 424 g/mol. The fourth-order valence-electron chi connectivity index (χ4n) is 4.16. The van der Waals surface area contributed by atoms with Crippen molar-refractivity contribution in [3.8, 4) is 11.5 Å². The summed E-state index contributed by atoms with van der Waals surface area (Å²) in [6.45, 7) is 2.13. The van der Waals surface area contributed by atoms with Gasteiger partial charge in [-0.1, -0.05) is 24.3 Å². The number of hydrogen-bond donors (Lipinski definition) is 1. The summed E-state index contributed by atoms with van der Waals surface area (Å²) >= 11 is 0. The van der Waals surface area contributed by atoms with E-state index in [-0.39, 0.29) is 12.5 Å². The molecule has 1 amide bonds. The average Bonchev–Trinajstić information content (AvgIpc) is 3.26. The number of anilines is 2. The molecular weight excluding hydrogens is 400 g/mol. The lowest BCUT2D eigenvalue weighted by Crippen LogP contribution is -2.31. The van der Waals surface area contributed by atoms with Crippen molar-refractivity contribution in [1.29, 1.82) is 0 Å². The van der Waals surface area contributed by atoms with E-state index in [0.29, 0.717) is 11.5 Å². The number of nitrogens with zero attached hydrogens (tertiary/aromatic N) is 5. The van der Waals surface area contributed by atoms with E-state index in [1.54, 1.807) is 12.4 Å². The SMILES string of the molecule is Cc1cncc(NC(=O)CN(C)c2nc(-c3cc4ccccc4cn3)nc3c2CCC3)c1. The van der Waals surface area contributed by atoms with Crippen LogP contribution in [-0.4, -0.2) is 39.4 Å². The average molecular weight is 425 g/mol. The Hall–Kier alpha value is -3.87. The van der Waals surface area contributed by atoms with Gasteiger partial charge in [-0.3, -0.25) is 14.8 Å². The quantitative estimate of drug-likeness (QED) is 0.522. The molecule has 0 atom stereocenters. The minimum absolute atomic E-state index is 0.115. The fraction of sp³-hybridized carbons (Fsp3) is 0.240. The predicted molar refractivity (Wildman–Crippen MR) is 126 cm³/mol. The Morgan fingerprint density at radius 2 is 1.91 bits per heavy atom. The number of benzene rings is 1. The first-order valence-electron chi connectivity index (χ1n) is 10.7. The zero-order valence-corrected chi connectivity index (χ0v) is 18.2. The summed E-state index contributed by atoms with van der Waals surface area (Å²) in [5.74, 6) is 1.28. The minimum Gasteiger partial charge on any atom is -0.350 e. The summed E-state index contributed by atoms with van der Waals surface area (Å²) in [7, 11) is 1.90. The maximum Gasteiger partial charge on any atom is 0.243 e. The van der Waals surface area contributed by atoms with Gasteiger partial charge >= 0.3 is 0 Å². The van der Waals surface area contributed by atoms with E-state index >= 15 is 0 Å². The molecule has 5 rings (SSSR count). The van der Waals surface area contributed by atoms with E-state index in [2.05, 4.69) is 21.4 Å². The van der Waals surface area contributed by atoms with Crippen LogP contribution >= 0.6 is 0 Å². The number of nitrogens with one attached hydrogen (secondary N) is 1. The third-order valence-corrected chi connectivity index (χ3v) is 5.67. The van der Waals surface area contributed by atoms with Crippen LogP contribution in [0.15, 0.2) is 55.0 Å². The summed E-state index contributed by atoms with van der Waals surface area (Å²) in [5, 5.41) is 5.10. The molecule has 0 saturated heterocycles. The lowest BCUT2D eigenvalue weighted by Gasteiger charge is -2.21. The number of carbonyl (C=O) groups is 1. The molecule has 1 aliphatic carbocycles. The van der Waals surface area contributed by atoms with Crippen LogP contribution in [0.4, 0.5) is 11.5 Å². The largest absolute Gasteiger partial charge is 0.350 e. The molecule has 7 nitrogen and oxygen atoms in total. The van der Waals surface area contributed by atoms with Crippen molar-refractivity contribution in [2.45, 2.75) is 26.2 Å². The first-order chi connectivity index (χ1) is 15.6. The molecule has 1 aromatic carbocycles. The number of amides is 1. The smallest absolute Gasteiger partial charge is 0.243 e. The van der Waals surface area contributed by atoms with Crippen LogP contribution in [0.1, 0.15) is 23.2 Å². The van der Waals surface area contributed by atoms with Gasteiger partial charge in [0.2, 0.25) is 5.91 Å². The molecule has 0 radical (unpaired) electrons. The van der Waals surface area contributed by atoms with E-state index in [1.807, 2.05) is 55.4 Å². The number of rotatable bonds is 5. The first-order valence-corrected chi connectivity index (χ1v) is 10.7.